The second-order valence-corrected chi connectivity index (χ2v) is 7.49. The topological polar surface area (TPSA) is 107 Å². The minimum atomic E-state index is -3.44. The molecule has 24 heavy (non-hydrogen) atoms. The van der Waals surface area contributed by atoms with E-state index in [1.165, 1.54) is 4.68 Å². The number of carbonyl (C=O) groups excluding carboxylic acids is 1. The number of anilines is 1. The number of aryl methyl sites for hydroxylation is 2. The summed E-state index contributed by atoms with van der Waals surface area (Å²) in [6.45, 7) is 5.34. The van der Waals surface area contributed by atoms with Gasteiger partial charge in [0.1, 0.15) is 0 Å². The lowest BCUT2D eigenvalue weighted by Crippen LogP contribution is -2.20. The van der Waals surface area contributed by atoms with Gasteiger partial charge in [-0.05, 0) is 40.5 Å². The molecule has 1 N–H and O–H groups in total. The first-order valence-electron chi connectivity index (χ1n) is 7.76. The van der Waals surface area contributed by atoms with Crippen LogP contribution in [-0.2, 0) is 29.7 Å². The number of amides is 1. The van der Waals surface area contributed by atoms with Gasteiger partial charge in [-0.1, -0.05) is 31.9 Å². The molecule has 0 bridgehead atoms. The van der Waals surface area contributed by atoms with Crippen LogP contribution in [0.25, 0.3) is 0 Å². The largest absolute Gasteiger partial charge is 0.289 e. The zero-order chi connectivity index (χ0) is 17.9. The van der Waals surface area contributed by atoms with Gasteiger partial charge in [-0.2, -0.15) is 0 Å². The molecule has 0 saturated heterocycles. The first kappa shape index (κ1) is 18.1. The normalized spacial score (nSPS) is 11.5. The third-order valence-corrected chi connectivity index (χ3v) is 5.75. The SMILES string of the molecule is CCc1ccc(C(=O)Nc2nnnn2C)c(CC)c1S(=O)(=O)CC. The van der Waals surface area contributed by atoms with Gasteiger partial charge in [-0.3, -0.25) is 10.1 Å². The second-order valence-electron chi connectivity index (χ2n) is 5.27. The first-order valence-corrected chi connectivity index (χ1v) is 9.42. The number of carbonyl (C=O) groups is 1. The Morgan fingerprint density at radius 1 is 1.21 bits per heavy atom. The molecule has 130 valence electrons. The third kappa shape index (κ3) is 3.30. The van der Waals surface area contributed by atoms with Crippen molar-refractivity contribution >= 4 is 21.7 Å². The van der Waals surface area contributed by atoms with E-state index in [0.29, 0.717) is 24.0 Å². The minimum Gasteiger partial charge on any atom is -0.289 e. The van der Waals surface area contributed by atoms with Crippen LogP contribution in [0.5, 0.6) is 0 Å². The number of benzene rings is 1. The Kier molecular flexibility index (Phi) is 5.33. The van der Waals surface area contributed by atoms with Gasteiger partial charge in [-0.15, -0.1) is 0 Å². The molecule has 0 unspecified atom stereocenters. The highest BCUT2D eigenvalue weighted by molar-refractivity contribution is 7.91. The van der Waals surface area contributed by atoms with Crippen molar-refractivity contribution in [1.29, 1.82) is 0 Å². The highest BCUT2D eigenvalue weighted by Crippen LogP contribution is 2.27. The molecule has 1 aromatic heterocycles. The van der Waals surface area contributed by atoms with E-state index in [4.69, 9.17) is 0 Å². The molecule has 2 aromatic rings. The molecule has 0 radical (unpaired) electrons. The summed E-state index contributed by atoms with van der Waals surface area (Å²) in [5.41, 5.74) is 1.58. The average molecular weight is 351 g/mol. The van der Waals surface area contributed by atoms with E-state index in [9.17, 15) is 13.2 Å². The molecule has 0 aliphatic heterocycles. The smallest absolute Gasteiger partial charge is 0.258 e. The van der Waals surface area contributed by atoms with Crippen molar-refractivity contribution in [3.63, 3.8) is 0 Å². The lowest BCUT2D eigenvalue weighted by Gasteiger charge is -2.16. The summed E-state index contributed by atoms with van der Waals surface area (Å²) < 4.78 is 26.4. The van der Waals surface area contributed by atoms with Crippen molar-refractivity contribution in [2.24, 2.45) is 7.05 Å². The van der Waals surface area contributed by atoms with Crippen LogP contribution >= 0.6 is 0 Å². The van der Waals surface area contributed by atoms with Crippen LogP contribution in [0.1, 0.15) is 42.3 Å². The van der Waals surface area contributed by atoms with Gasteiger partial charge in [0, 0.05) is 12.6 Å². The van der Waals surface area contributed by atoms with Crippen molar-refractivity contribution in [2.75, 3.05) is 11.1 Å². The van der Waals surface area contributed by atoms with Crippen molar-refractivity contribution in [2.45, 2.75) is 38.5 Å². The lowest BCUT2D eigenvalue weighted by atomic mass is 10.00. The number of tetrazole rings is 1. The van der Waals surface area contributed by atoms with Crippen LogP contribution in [0.3, 0.4) is 0 Å². The Labute approximate surface area is 141 Å². The summed E-state index contributed by atoms with van der Waals surface area (Å²) in [5.74, 6) is -0.243. The number of aromatic nitrogens is 4. The van der Waals surface area contributed by atoms with Crippen molar-refractivity contribution in [1.82, 2.24) is 20.2 Å². The summed E-state index contributed by atoms with van der Waals surface area (Å²) in [4.78, 5) is 12.9. The van der Waals surface area contributed by atoms with E-state index in [1.807, 2.05) is 13.8 Å². The summed E-state index contributed by atoms with van der Waals surface area (Å²) in [7, 11) is -1.83. The first-order chi connectivity index (χ1) is 11.4. The van der Waals surface area contributed by atoms with E-state index >= 15 is 0 Å². The molecule has 0 aliphatic rings. The van der Waals surface area contributed by atoms with Crippen molar-refractivity contribution in [3.05, 3.63) is 28.8 Å². The number of nitrogens with zero attached hydrogens (tertiary/aromatic N) is 4. The quantitative estimate of drug-likeness (QED) is 0.842. The summed E-state index contributed by atoms with van der Waals surface area (Å²) in [6, 6.07) is 3.36. The van der Waals surface area contributed by atoms with Crippen LogP contribution in [-0.4, -0.2) is 40.3 Å². The molecule has 0 spiro atoms. The number of rotatable bonds is 6. The van der Waals surface area contributed by atoms with E-state index in [-0.39, 0.29) is 16.6 Å². The van der Waals surface area contributed by atoms with Gasteiger partial charge in [0.05, 0.1) is 10.6 Å². The molecule has 0 saturated carbocycles. The Morgan fingerprint density at radius 2 is 1.92 bits per heavy atom. The van der Waals surface area contributed by atoms with Gasteiger partial charge in [-0.25, -0.2) is 13.1 Å². The average Bonchev–Trinajstić information content (AvgIpc) is 2.97. The molecule has 9 heteroatoms. The molecular formula is C15H21N5O3S. The standard InChI is InChI=1S/C15H21N5O3S/c1-5-10-8-9-12(11(6-2)13(10)24(22,23)7-3)14(21)16-15-17-18-19-20(15)4/h8-9H,5-7H2,1-4H3,(H,16,17,19,21). The molecular weight excluding hydrogens is 330 g/mol. The highest BCUT2D eigenvalue weighted by atomic mass is 32.2. The lowest BCUT2D eigenvalue weighted by molar-refractivity contribution is 0.102. The fourth-order valence-electron chi connectivity index (χ4n) is 2.55. The zero-order valence-electron chi connectivity index (χ0n) is 14.2. The Morgan fingerprint density at radius 3 is 2.42 bits per heavy atom. The third-order valence-electron chi connectivity index (χ3n) is 3.86. The van der Waals surface area contributed by atoms with Gasteiger partial charge in [0.15, 0.2) is 9.84 Å². The van der Waals surface area contributed by atoms with Gasteiger partial charge in [0.2, 0.25) is 5.95 Å². The van der Waals surface area contributed by atoms with Crippen LogP contribution in [0.4, 0.5) is 5.95 Å². The van der Waals surface area contributed by atoms with E-state index < -0.39 is 15.7 Å². The van der Waals surface area contributed by atoms with Crippen LogP contribution in [0, 0.1) is 0 Å². The number of sulfone groups is 1. The molecule has 0 aliphatic carbocycles. The molecule has 2 rings (SSSR count). The Hall–Kier alpha value is -2.29. The minimum absolute atomic E-state index is 0.00865. The fourth-order valence-corrected chi connectivity index (χ4v) is 4.08. The maximum atomic E-state index is 12.6. The van der Waals surface area contributed by atoms with E-state index in [1.54, 1.807) is 26.1 Å². The van der Waals surface area contributed by atoms with Gasteiger partial charge >= 0.3 is 0 Å². The van der Waals surface area contributed by atoms with Crippen molar-refractivity contribution in [3.8, 4) is 0 Å². The number of nitrogens with one attached hydrogen (secondary N) is 1. The zero-order valence-corrected chi connectivity index (χ0v) is 15.0. The summed E-state index contributed by atoms with van der Waals surface area (Å²) in [5, 5.41) is 13.4. The van der Waals surface area contributed by atoms with E-state index in [0.717, 1.165) is 5.56 Å². The summed E-state index contributed by atoms with van der Waals surface area (Å²) >= 11 is 0. The summed E-state index contributed by atoms with van der Waals surface area (Å²) in [6.07, 6.45) is 1.01. The van der Waals surface area contributed by atoms with Crippen LogP contribution < -0.4 is 5.32 Å². The Bertz CT molecular complexity index is 858. The van der Waals surface area contributed by atoms with Crippen LogP contribution in [0.2, 0.25) is 0 Å². The predicted octanol–water partition coefficient (Wildman–Crippen LogP) is 1.38. The Balaban J connectivity index is 2.57. The van der Waals surface area contributed by atoms with Crippen molar-refractivity contribution < 1.29 is 13.2 Å². The monoisotopic (exact) mass is 351 g/mol. The maximum Gasteiger partial charge on any atom is 0.258 e. The maximum absolute atomic E-state index is 12.6. The molecule has 0 atom stereocenters. The molecule has 1 amide bonds. The number of hydrogen-bond acceptors (Lipinski definition) is 6. The number of hydrogen-bond donors (Lipinski definition) is 1. The molecule has 0 fully saturated rings. The molecule has 1 aromatic carbocycles. The second kappa shape index (κ2) is 7.08. The molecule has 1 heterocycles. The fraction of sp³-hybridized carbons (Fsp3) is 0.467. The van der Waals surface area contributed by atoms with Gasteiger partial charge in [0.25, 0.3) is 5.91 Å². The van der Waals surface area contributed by atoms with Gasteiger partial charge < -0.3 is 0 Å². The predicted molar refractivity (Wildman–Crippen MR) is 89.7 cm³/mol. The van der Waals surface area contributed by atoms with E-state index in [2.05, 4.69) is 20.8 Å². The molecule has 8 nitrogen and oxygen atoms in total. The van der Waals surface area contributed by atoms with Crippen LogP contribution in [0.15, 0.2) is 17.0 Å². The highest BCUT2D eigenvalue weighted by Gasteiger charge is 2.25.